The highest BCUT2D eigenvalue weighted by atomic mass is 19.1. The van der Waals surface area contributed by atoms with Gasteiger partial charge in [-0.25, -0.2) is 9.07 Å². The number of carbonyl (C=O) groups is 2. The highest BCUT2D eigenvalue weighted by Crippen LogP contribution is 2.31. The number of rotatable bonds is 4. The summed E-state index contributed by atoms with van der Waals surface area (Å²) in [5, 5.41) is 10.2. The Balaban J connectivity index is 1.51. The summed E-state index contributed by atoms with van der Waals surface area (Å²) < 4.78 is 20.3. The van der Waals surface area contributed by atoms with Crippen molar-refractivity contribution in [2.45, 2.75) is 6.92 Å². The lowest BCUT2D eigenvalue weighted by Gasteiger charge is -2.18. The quantitative estimate of drug-likeness (QED) is 0.485. The van der Waals surface area contributed by atoms with Gasteiger partial charge in [-0.15, -0.1) is 0 Å². The van der Waals surface area contributed by atoms with Crippen molar-refractivity contribution in [3.05, 3.63) is 89.9 Å². The second-order valence-electron chi connectivity index (χ2n) is 7.68. The smallest absolute Gasteiger partial charge is 0.262 e. The minimum Gasteiger partial charge on any atom is -0.482 e. The molecule has 2 N–H and O–H groups in total. The Bertz CT molecular complexity index is 1360. The zero-order valence-corrected chi connectivity index (χ0v) is 17.6. The molecule has 3 aromatic carbocycles. The molecule has 2 amide bonds. The maximum atomic E-state index is 13.4. The first-order valence-electron chi connectivity index (χ1n) is 10.3. The monoisotopic (exact) mass is 442 g/mol. The number of aryl methyl sites for hydroxylation is 1. The maximum Gasteiger partial charge on any atom is 0.262 e. The number of carbonyl (C=O) groups excluding carboxylic acids is 2. The zero-order chi connectivity index (χ0) is 22.9. The van der Waals surface area contributed by atoms with E-state index in [1.807, 2.05) is 31.2 Å². The second-order valence-corrected chi connectivity index (χ2v) is 7.68. The van der Waals surface area contributed by atoms with E-state index in [0.29, 0.717) is 34.1 Å². The first kappa shape index (κ1) is 20.4. The van der Waals surface area contributed by atoms with Gasteiger partial charge < -0.3 is 15.4 Å². The Hall–Kier alpha value is -4.46. The van der Waals surface area contributed by atoms with Gasteiger partial charge in [0.15, 0.2) is 6.61 Å². The van der Waals surface area contributed by atoms with Gasteiger partial charge in [-0.05, 0) is 49.4 Å². The van der Waals surface area contributed by atoms with Crippen molar-refractivity contribution < 1.29 is 18.7 Å². The number of benzene rings is 3. The van der Waals surface area contributed by atoms with Crippen molar-refractivity contribution in [2.24, 2.45) is 0 Å². The van der Waals surface area contributed by atoms with Crippen LogP contribution in [0.5, 0.6) is 5.75 Å². The molecule has 1 aliphatic rings. The molecule has 0 saturated carbocycles. The first-order valence-corrected chi connectivity index (χ1v) is 10.3. The Morgan fingerprint density at radius 3 is 2.61 bits per heavy atom. The standard InChI is InChI=1S/C25H19FN4O3/c1-15-2-4-16(5-3-15)24-20(13-30(29-24)19-9-6-17(26)7-10-19)25(32)27-18-8-11-22-21(12-18)28-23(31)14-33-22/h2-13H,14H2,1H3,(H,27,32)(H,28,31). The Morgan fingerprint density at radius 2 is 1.85 bits per heavy atom. The summed E-state index contributed by atoms with van der Waals surface area (Å²) in [6, 6.07) is 18.6. The summed E-state index contributed by atoms with van der Waals surface area (Å²) in [4.78, 5) is 24.9. The number of anilines is 2. The molecule has 164 valence electrons. The van der Waals surface area contributed by atoms with Crippen LogP contribution in [0.25, 0.3) is 16.9 Å². The Kier molecular flexibility index (Phi) is 5.10. The molecule has 0 spiro atoms. The molecule has 8 heteroatoms. The number of nitrogens with one attached hydrogen (secondary N) is 2. The van der Waals surface area contributed by atoms with E-state index in [4.69, 9.17) is 4.74 Å². The van der Waals surface area contributed by atoms with E-state index in [0.717, 1.165) is 11.1 Å². The van der Waals surface area contributed by atoms with Gasteiger partial charge in [-0.1, -0.05) is 29.8 Å². The number of aromatic nitrogens is 2. The van der Waals surface area contributed by atoms with Crippen LogP contribution >= 0.6 is 0 Å². The predicted octanol–water partition coefficient (Wildman–Crippen LogP) is 4.57. The molecule has 1 aromatic heterocycles. The number of nitrogens with zero attached hydrogens (tertiary/aromatic N) is 2. The largest absolute Gasteiger partial charge is 0.482 e. The molecule has 33 heavy (non-hydrogen) atoms. The molecule has 0 bridgehead atoms. The number of hydrogen-bond acceptors (Lipinski definition) is 4. The molecule has 0 aliphatic carbocycles. The summed E-state index contributed by atoms with van der Waals surface area (Å²) in [6.07, 6.45) is 1.61. The molecule has 5 rings (SSSR count). The molecule has 0 saturated heterocycles. The summed E-state index contributed by atoms with van der Waals surface area (Å²) in [6.45, 7) is 1.94. The van der Waals surface area contributed by atoms with Crippen LogP contribution in [0.4, 0.5) is 15.8 Å². The van der Waals surface area contributed by atoms with Gasteiger partial charge in [-0.3, -0.25) is 9.59 Å². The fourth-order valence-electron chi connectivity index (χ4n) is 3.55. The van der Waals surface area contributed by atoms with E-state index in [-0.39, 0.29) is 24.2 Å². The zero-order valence-electron chi connectivity index (χ0n) is 17.6. The molecule has 4 aromatic rings. The lowest BCUT2D eigenvalue weighted by molar-refractivity contribution is -0.118. The third-order valence-corrected chi connectivity index (χ3v) is 5.25. The van der Waals surface area contributed by atoms with Crippen molar-refractivity contribution in [1.29, 1.82) is 0 Å². The number of amides is 2. The second kappa shape index (κ2) is 8.23. The number of hydrogen-bond donors (Lipinski definition) is 2. The fraction of sp³-hybridized carbons (Fsp3) is 0.0800. The average Bonchev–Trinajstić information content (AvgIpc) is 3.25. The molecule has 1 aliphatic heterocycles. The van der Waals surface area contributed by atoms with Gasteiger partial charge in [0.1, 0.15) is 17.3 Å². The van der Waals surface area contributed by atoms with Crippen LogP contribution in [0.1, 0.15) is 15.9 Å². The van der Waals surface area contributed by atoms with Crippen LogP contribution in [-0.2, 0) is 4.79 Å². The predicted molar refractivity (Wildman–Crippen MR) is 122 cm³/mol. The number of fused-ring (bicyclic) bond motifs is 1. The van der Waals surface area contributed by atoms with Gasteiger partial charge in [-0.2, -0.15) is 5.10 Å². The van der Waals surface area contributed by atoms with E-state index >= 15 is 0 Å². The normalized spacial score (nSPS) is 12.5. The van der Waals surface area contributed by atoms with Crippen LogP contribution in [-0.4, -0.2) is 28.2 Å². The van der Waals surface area contributed by atoms with Crippen LogP contribution in [0, 0.1) is 12.7 Å². The molecule has 0 atom stereocenters. The molecular weight excluding hydrogens is 423 g/mol. The van der Waals surface area contributed by atoms with Crippen LogP contribution in [0.3, 0.4) is 0 Å². The van der Waals surface area contributed by atoms with Crippen molar-refractivity contribution in [1.82, 2.24) is 9.78 Å². The van der Waals surface area contributed by atoms with E-state index in [1.54, 1.807) is 41.2 Å². The van der Waals surface area contributed by atoms with E-state index in [1.165, 1.54) is 12.1 Å². The molecule has 0 radical (unpaired) electrons. The minimum absolute atomic E-state index is 0.0405. The van der Waals surface area contributed by atoms with Crippen molar-refractivity contribution in [3.8, 4) is 22.7 Å². The van der Waals surface area contributed by atoms with Crippen molar-refractivity contribution >= 4 is 23.2 Å². The topological polar surface area (TPSA) is 85.3 Å². The van der Waals surface area contributed by atoms with E-state index in [2.05, 4.69) is 15.7 Å². The Morgan fingerprint density at radius 1 is 1.09 bits per heavy atom. The average molecular weight is 442 g/mol. The van der Waals surface area contributed by atoms with Crippen LogP contribution in [0.2, 0.25) is 0 Å². The SMILES string of the molecule is Cc1ccc(-c2nn(-c3ccc(F)cc3)cc2C(=O)Nc2ccc3c(c2)NC(=O)CO3)cc1. The first-order chi connectivity index (χ1) is 16.0. The van der Waals surface area contributed by atoms with Gasteiger partial charge in [0.25, 0.3) is 11.8 Å². The molecule has 2 heterocycles. The summed E-state index contributed by atoms with van der Waals surface area (Å²) in [5.41, 5.74) is 4.31. The Labute approximate surface area is 188 Å². The van der Waals surface area contributed by atoms with E-state index < -0.39 is 0 Å². The van der Waals surface area contributed by atoms with Gasteiger partial charge in [0.2, 0.25) is 0 Å². The fourth-order valence-corrected chi connectivity index (χ4v) is 3.55. The van der Waals surface area contributed by atoms with E-state index in [9.17, 15) is 14.0 Å². The maximum absolute atomic E-state index is 13.4. The molecular formula is C25H19FN4O3. The third-order valence-electron chi connectivity index (χ3n) is 5.25. The van der Waals surface area contributed by atoms with Crippen LogP contribution in [0.15, 0.2) is 72.9 Å². The summed E-state index contributed by atoms with van der Waals surface area (Å²) in [5.74, 6) is -0.446. The summed E-state index contributed by atoms with van der Waals surface area (Å²) >= 11 is 0. The molecule has 0 unspecified atom stereocenters. The molecule has 0 fully saturated rings. The summed E-state index contributed by atoms with van der Waals surface area (Å²) in [7, 11) is 0. The van der Waals surface area contributed by atoms with Crippen molar-refractivity contribution in [2.75, 3.05) is 17.2 Å². The number of halogens is 1. The highest BCUT2D eigenvalue weighted by Gasteiger charge is 2.21. The van der Waals surface area contributed by atoms with Gasteiger partial charge >= 0.3 is 0 Å². The lowest BCUT2D eigenvalue weighted by Crippen LogP contribution is -2.25. The van der Waals surface area contributed by atoms with Crippen LogP contribution < -0.4 is 15.4 Å². The third kappa shape index (κ3) is 4.18. The lowest BCUT2D eigenvalue weighted by atomic mass is 10.1. The molecule has 7 nitrogen and oxygen atoms in total. The highest BCUT2D eigenvalue weighted by molar-refractivity contribution is 6.08. The minimum atomic E-state index is -0.373. The van der Waals surface area contributed by atoms with Gasteiger partial charge in [0, 0.05) is 17.4 Å². The van der Waals surface area contributed by atoms with Crippen molar-refractivity contribution in [3.63, 3.8) is 0 Å². The number of ether oxygens (including phenoxy) is 1. The van der Waals surface area contributed by atoms with Gasteiger partial charge in [0.05, 0.1) is 16.9 Å².